The number of hydrogen-bond donors (Lipinski definition) is 4. The Labute approximate surface area is 188 Å². The van der Waals surface area contributed by atoms with E-state index in [0.29, 0.717) is 42.3 Å². The van der Waals surface area contributed by atoms with Crippen LogP contribution < -0.4 is 10.0 Å². The Bertz CT molecular complexity index is 535. The van der Waals surface area contributed by atoms with Crippen LogP contribution in [0.5, 0.6) is 0 Å². The predicted octanol–water partition coefficient (Wildman–Crippen LogP) is 2.48. The highest BCUT2D eigenvalue weighted by Gasteiger charge is 2.44. The first-order chi connectivity index (χ1) is 14.5. The van der Waals surface area contributed by atoms with Crippen LogP contribution >= 0.6 is 21.2 Å². The fraction of sp³-hybridized carbons (Fsp3) is 0.955. The van der Waals surface area contributed by atoms with E-state index >= 15 is 0 Å². The number of nitrogens with one attached hydrogen (secondary N) is 2. The summed E-state index contributed by atoms with van der Waals surface area (Å²) in [6.45, 7) is 0.486. The quantitative estimate of drug-likeness (QED) is 0.296. The number of rotatable bonds is 10. The lowest BCUT2D eigenvalue weighted by molar-refractivity contribution is -0.127. The van der Waals surface area contributed by atoms with Gasteiger partial charge in [0.2, 0.25) is 5.91 Å². The zero-order valence-electron chi connectivity index (χ0n) is 18.3. The molecule has 0 aromatic rings. The maximum absolute atomic E-state index is 12.9. The summed E-state index contributed by atoms with van der Waals surface area (Å²) in [7, 11) is 4.43. The van der Waals surface area contributed by atoms with Gasteiger partial charge in [0, 0.05) is 24.8 Å². The van der Waals surface area contributed by atoms with Crippen molar-refractivity contribution in [3.63, 3.8) is 0 Å². The highest BCUT2D eigenvalue weighted by molar-refractivity contribution is 7.98. The number of hydrogen-bond acceptors (Lipinski definition) is 6. The summed E-state index contributed by atoms with van der Waals surface area (Å²) in [6.07, 6.45) is 10.5. The lowest BCUT2D eigenvalue weighted by atomic mass is 9.80. The Morgan fingerprint density at radius 1 is 1.20 bits per heavy atom. The highest BCUT2D eigenvalue weighted by Crippen LogP contribution is 2.42. The first kappa shape index (κ1) is 24.7. The van der Waals surface area contributed by atoms with E-state index in [0.717, 1.165) is 38.5 Å². The van der Waals surface area contributed by atoms with Crippen LogP contribution in [0.25, 0.3) is 0 Å². The third-order valence-corrected chi connectivity index (χ3v) is 9.14. The van der Waals surface area contributed by atoms with Crippen LogP contribution in [-0.4, -0.2) is 65.5 Å². The van der Waals surface area contributed by atoms with Gasteiger partial charge in [-0.1, -0.05) is 31.2 Å². The van der Waals surface area contributed by atoms with Crippen LogP contribution in [0, 0.1) is 17.8 Å². The van der Waals surface area contributed by atoms with E-state index in [1.165, 1.54) is 19.3 Å². The van der Waals surface area contributed by atoms with Crippen LogP contribution in [0.4, 0.5) is 0 Å². The standard InChI is InChI=1S/C22H41N2O4PS/c1-28-17-6-8-18(9-7-17)30-23-12-16(25)10-15(13-29)22(27)24-21-19-5-3-2-4-14(19)11-20(21)26/h14-21,23,25-26H,2-13,29H2,1H3,(H,24,27). The lowest BCUT2D eigenvalue weighted by Gasteiger charge is -2.31. The molecule has 4 N–H and O–H groups in total. The van der Waals surface area contributed by atoms with E-state index in [1.807, 2.05) is 0 Å². The first-order valence-corrected chi connectivity index (χ1v) is 13.5. The lowest BCUT2D eigenvalue weighted by Crippen LogP contribution is -2.48. The molecule has 1 amide bonds. The van der Waals surface area contributed by atoms with Crippen LogP contribution in [0.3, 0.4) is 0 Å². The van der Waals surface area contributed by atoms with E-state index in [1.54, 1.807) is 19.1 Å². The van der Waals surface area contributed by atoms with E-state index in [4.69, 9.17) is 4.74 Å². The highest BCUT2D eigenvalue weighted by atomic mass is 32.2. The molecule has 6 nitrogen and oxygen atoms in total. The number of aliphatic hydroxyl groups excluding tert-OH is 2. The molecule has 174 valence electrons. The summed E-state index contributed by atoms with van der Waals surface area (Å²) in [5.74, 6) is 0.701. The summed E-state index contributed by atoms with van der Waals surface area (Å²) in [4.78, 5) is 12.9. The molecule has 0 radical (unpaired) electrons. The molecule has 3 saturated carbocycles. The molecule has 3 rings (SSSR count). The summed E-state index contributed by atoms with van der Waals surface area (Å²) < 4.78 is 8.74. The van der Waals surface area contributed by atoms with Crippen LogP contribution in [0.1, 0.15) is 64.2 Å². The number of methoxy groups -OCH3 is 1. The van der Waals surface area contributed by atoms with Gasteiger partial charge in [-0.15, -0.1) is 9.24 Å². The normalized spacial score (nSPS) is 36.1. The molecule has 0 saturated heterocycles. The summed E-state index contributed by atoms with van der Waals surface area (Å²) in [5.41, 5.74) is 0. The second kappa shape index (κ2) is 12.4. The minimum Gasteiger partial charge on any atom is -0.392 e. The average molecular weight is 461 g/mol. The van der Waals surface area contributed by atoms with E-state index < -0.39 is 12.2 Å². The van der Waals surface area contributed by atoms with Gasteiger partial charge in [-0.3, -0.25) is 9.52 Å². The monoisotopic (exact) mass is 460 g/mol. The van der Waals surface area contributed by atoms with Gasteiger partial charge in [-0.05, 0) is 62.9 Å². The maximum atomic E-state index is 12.9. The van der Waals surface area contributed by atoms with Gasteiger partial charge < -0.3 is 20.3 Å². The van der Waals surface area contributed by atoms with E-state index in [-0.39, 0.29) is 17.9 Å². The molecule has 7 unspecified atom stereocenters. The molecular weight excluding hydrogens is 419 g/mol. The van der Waals surface area contributed by atoms with Crippen molar-refractivity contribution in [2.75, 3.05) is 19.8 Å². The fourth-order valence-corrected chi connectivity index (χ4v) is 7.04. The molecule has 3 fully saturated rings. The topological polar surface area (TPSA) is 90.8 Å². The number of amides is 1. The molecule has 0 bridgehead atoms. The van der Waals surface area contributed by atoms with Crippen molar-refractivity contribution in [1.82, 2.24) is 10.0 Å². The summed E-state index contributed by atoms with van der Waals surface area (Å²) >= 11 is 1.72. The van der Waals surface area contributed by atoms with Gasteiger partial charge in [-0.25, -0.2) is 0 Å². The number of fused-ring (bicyclic) bond motifs is 1. The van der Waals surface area contributed by atoms with Crippen LogP contribution in [-0.2, 0) is 9.53 Å². The van der Waals surface area contributed by atoms with Crippen molar-refractivity contribution < 1.29 is 19.7 Å². The molecule has 0 aromatic heterocycles. The largest absolute Gasteiger partial charge is 0.392 e. The first-order valence-electron chi connectivity index (χ1n) is 11.8. The van der Waals surface area contributed by atoms with Gasteiger partial charge in [0.05, 0.1) is 24.4 Å². The maximum Gasteiger partial charge on any atom is 0.223 e. The number of aliphatic hydroxyl groups is 2. The van der Waals surface area contributed by atoms with Gasteiger partial charge >= 0.3 is 0 Å². The number of carbonyl (C=O) groups excluding carboxylic acids is 1. The van der Waals surface area contributed by atoms with Crippen molar-refractivity contribution in [2.24, 2.45) is 17.8 Å². The Hall–Kier alpha value is 0.0900. The zero-order chi connectivity index (χ0) is 21.5. The minimum atomic E-state index is -0.556. The Morgan fingerprint density at radius 2 is 1.93 bits per heavy atom. The predicted molar refractivity (Wildman–Crippen MR) is 125 cm³/mol. The second-order valence-corrected chi connectivity index (χ2v) is 11.1. The Kier molecular flexibility index (Phi) is 10.2. The zero-order valence-corrected chi connectivity index (χ0v) is 20.3. The summed E-state index contributed by atoms with van der Waals surface area (Å²) in [5, 5.41) is 24.7. The Balaban J connectivity index is 1.38. The van der Waals surface area contributed by atoms with Crippen molar-refractivity contribution in [3.8, 4) is 0 Å². The molecule has 0 heterocycles. The second-order valence-electron chi connectivity index (χ2n) is 9.47. The average Bonchev–Trinajstić information content (AvgIpc) is 3.07. The molecule has 3 aliphatic carbocycles. The molecule has 8 heteroatoms. The molecule has 0 spiro atoms. The summed E-state index contributed by atoms with van der Waals surface area (Å²) in [6, 6.07) is -0.116. The van der Waals surface area contributed by atoms with Crippen molar-refractivity contribution in [1.29, 1.82) is 0 Å². The van der Waals surface area contributed by atoms with Gasteiger partial charge in [-0.2, -0.15) is 0 Å². The third-order valence-electron chi connectivity index (χ3n) is 7.43. The van der Waals surface area contributed by atoms with Gasteiger partial charge in [0.25, 0.3) is 0 Å². The third kappa shape index (κ3) is 6.79. The van der Waals surface area contributed by atoms with Crippen molar-refractivity contribution in [2.45, 2.75) is 93.8 Å². The molecule has 0 aromatic carbocycles. The van der Waals surface area contributed by atoms with Gasteiger partial charge in [0.1, 0.15) is 0 Å². The number of carbonyl (C=O) groups is 1. The van der Waals surface area contributed by atoms with Gasteiger partial charge in [0.15, 0.2) is 0 Å². The fourth-order valence-electron chi connectivity index (χ4n) is 5.60. The van der Waals surface area contributed by atoms with Crippen LogP contribution in [0.15, 0.2) is 0 Å². The smallest absolute Gasteiger partial charge is 0.223 e. The Morgan fingerprint density at radius 3 is 2.63 bits per heavy atom. The molecule has 30 heavy (non-hydrogen) atoms. The van der Waals surface area contributed by atoms with Crippen LogP contribution in [0.2, 0.25) is 0 Å². The minimum absolute atomic E-state index is 0.0233. The van der Waals surface area contributed by atoms with Crippen molar-refractivity contribution in [3.05, 3.63) is 0 Å². The number of ether oxygens (including phenoxy) is 1. The molecule has 3 aliphatic rings. The van der Waals surface area contributed by atoms with E-state index in [2.05, 4.69) is 19.3 Å². The molecule has 0 aliphatic heterocycles. The SMILES string of the molecule is COC1CCC(SNCC(O)CC(CP)C(=O)NC2C(O)CC3CCCCC32)CC1. The molecule has 7 atom stereocenters. The van der Waals surface area contributed by atoms with Crippen molar-refractivity contribution >= 4 is 27.1 Å². The van der Waals surface area contributed by atoms with E-state index in [9.17, 15) is 15.0 Å². The molecular formula is C22H41N2O4PS.